The van der Waals surface area contributed by atoms with Crippen LogP contribution < -0.4 is 5.73 Å². The Morgan fingerprint density at radius 1 is 1.04 bits per heavy atom. The molecule has 1 fully saturated rings. The molecule has 1 aromatic carbocycles. The molecule has 0 aliphatic heterocycles. The molecule has 2 N–H and O–H groups in total. The van der Waals surface area contributed by atoms with Crippen LogP contribution in [0.2, 0.25) is 0 Å². The summed E-state index contributed by atoms with van der Waals surface area (Å²) in [6, 6.07) is 13.0. The van der Waals surface area contributed by atoms with E-state index >= 15 is 0 Å². The van der Waals surface area contributed by atoms with Crippen LogP contribution in [0.5, 0.6) is 0 Å². The number of para-hydroxylation sites is 1. The van der Waals surface area contributed by atoms with E-state index in [1.165, 1.54) is 0 Å². The third-order valence-electron chi connectivity index (χ3n) is 4.40. The SMILES string of the molecule is Cl.Cl.NC1CCC(n2ccc(-c3cc4ccccc4o3)n2)CC1. The average molecular weight is 354 g/mol. The molecule has 23 heavy (non-hydrogen) atoms. The largest absolute Gasteiger partial charge is 0.454 e. The van der Waals surface area contributed by atoms with Gasteiger partial charge in [0.2, 0.25) is 0 Å². The molecular formula is C17H21Cl2N3O. The number of rotatable bonds is 2. The second kappa shape index (κ2) is 7.39. The lowest BCUT2D eigenvalue weighted by Gasteiger charge is -2.26. The highest BCUT2D eigenvalue weighted by atomic mass is 35.5. The van der Waals surface area contributed by atoms with Crippen molar-refractivity contribution in [3.63, 3.8) is 0 Å². The Morgan fingerprint density at radius 2 is 1.78 bits per heavy atom. The van der Waals surface area contributed by atoms with Crippen molar-refractivity contribution >= 4 is 35.8 Å². The average Bonchev–Trinajstić information content (AvgIpc) is 3.14. The number of aromatic nitrogens is 2. The van der Waals surface area contributed by atoms with Crippen molar-refractivity contribution in [2.75, 3.05) is 0 Å². The van der Waals surface area contributed by atoms with Gasteiger partial charge in [0.1, 0.15) is 11.3 Å². The van der Waals surface area contributed by atoms with Crippen LogP contribution in [-0.4, -0.2) is 15.8 Å². The predicted molar refractivity (Wildman–Crippen MR) is 97.4 cm³/mol. The van der Waals surface area contributed by atoms with Crippen molar-refractivity contribution in [1.82, 2.24) is 9.78 Å². The van der Waals surface area contributed by atoms with Gasteiger partial charge in [-0.05, 0) is 43.9 Å². The summed E-state index contributed by atoms with van der Waals surface area (Å²) >= 11 is 0. The lowest BCUT2D eigenvalue weighted by molar-refractivity contribution is 0.304. The van der Waals surface area contributed by atoms with Crippen molar-refractivity contribution in [1.29, 1.82) is 0 Å². The van der Waals surface area contributed by atoms with E-state index in [4.69, 9.17) is 15.2 Å². The lowest BCUT2D eigenvalue weighted by Crippen LogP contribution is -2.28. The normalized spacial score (nSPS) is 20.7. The van der Waals surface area contributed by atoms with Crippen molar-refractivity contribution in [2.24, 2.45) is 5.73 Å². The Balaban J connectivity index is 0.000000960. The topological polar surface area (TPSA) is 57.0 Å². The Labute approximate surface area is 147 Å². The van der Waals surface area contributed by atoms with Gasteiger partial charge in [-0.15, -0.1) is 24.8 Å². The van der Waals surface area contributed by atoms with E-state index < -0.39 is 0 Å². The third kappa shape index (κ3) is 3.55. The summed E-state index contributed by atoms with van der Waals surface area (Å²) in [4.78, 5) is 0. The van der Waals surface area contributed by atoms with E-state index in [9.17, 15) is 0 Å². The number of benzene rings is 1. The van der Waals surface area contributed by atoms with Gasteiger partial charge in [0, 0.05) is 17.6 Å². The summed E-state index contributed by atoms with van der Waals surface area (Å²) < 4.78 is 7.95. The quantitative estimate of drug-likeness (QED) is 0.733. The Kier molecular flexibility index (Phi) is 5.74. The van der Waals surface area contributed by atoms with Crippen LogP contribution in [0.15, 0.2) is 47.0 Å². The number of halogens is 2. The zero-order valence-electron chi connectivity index (χ0n) is 12.7. The van der Waals surface area contributed by atoms with E-state index in [-0.39, 0.29) is 24.8 Å². The first kappa shape index (κ1) is 17.9. The number of furan rings is 1. The maximum atomic E-state index is 5.97. The van der Waals surface area contributed by atoms with Gasteiger partial charge in [0.15, 0.2) is 5.76 Å². The molecule has 3 aromatic rings. The monoisotopic (exact) mass is 353 g/mol. The summed E-state index contributed by atoms with van der Waals surface area (Å²) in [5.74, 6) is 0.836. The van der Waals surface area contributed by atoms with Crippen molar-refractivity contribution < 1.29 is 4.42 Å². The highest BCUT2D eigenvalue weighted by Gasteiger charge is 2.21. The van der Waals surface area contributed by atoms with E-state index in [1.807, 2.05) is 24.3 Å². The summed E-state index contributed by atoms with van der Waals surface area (Å²) in [6.07, 6.45) is 6.46. The highest BCUT2D eigenvalue weighted by molar-refractivity contribution is 5.85. The van der Waals surface area contributed by atoms with E-state index in [0.717, 1.165) is 48.1 Å². The molecule has 4 nitrogen and oxygen atoms in total. The van der Waals surface area contributed by atoms with Gasteiger partial charge in [0.05, 0.1) is 6.04 Å². The molecule has 1 saturated carbocycles. The van der Waals surface area contributed by atoms with E-state index in [1.54, 1.807) is 0 Å². The summed E-state index contributed by atoms with van der Waals surface area (Å²) in [5, 5.41) is 5.82. The van der Waals surface area contributed by atoms with Gasteiger partial charge in [-0.25, -0.2) is 0 Å². The van der Waals surface area contributed by atoms with Gasteiger partial charge < -0.3 is 10.2 Å². The smallest absolute Gasteiger partial charge is 0.155 e. The highest BCUT2D eigenvalue weighted by Crippen LogP contribution is 2.30. The number of hydrogen-bond donors (Lipinski definition) is 1. The van der Waals surface area contributed by atoms with Gasteiger partial charge in [-0.3, -0.25) is 4.68 Å². The molecule has 4 rings (SSSR count). The van der Waals surface area contributed by atoms with Gasteiger partial charge in [-0.2, -0.15) is 5.10 Å². The molecule has 124 valence electrons. The van der Waals surface area contributed by atoms with E-state index in [0.29, 0.717) is 12.1 Å². The minimum atomic E-state index is 0. The number of fused-ring (bicyclic) bond motifs is 1. The maximum absolute atomic E-state index is 5.97. The second-order valence-corrected chi connectivity index (χ2v) is 5.90. The van der Waals surface area contributed by atoms with E-state index in [2.05, 4.69) is 23.0 Å². The van der Waals surface area contributed by atoms with Crippen LogP contribution >= 0.6 is 24.8 Å². The fourth-order valence-electron chi connectivity index (χ4n) is 3.15. The zero-order valence-corrected chi connectivity index (χ0v) is 14.4. The van der Waals surface area contributed by atoms with Crippen molar-refractivity contribution in [3.05, 3.63) is 42.6 Å². The van der Waals surface area contributed by atoms with Gasteiger partial charge in [-0.1, -0.05) is 18.2 Å². The third-order valence-corrected chi connectivity index (χ3v) is 4.40. The molecule has 6 heteroatoms. The molecule has 0 amide bonds. The molecule has 1 aliphatic carbocycles. The van der Waals surface area contributed by atoms with Crippen LogP contribution in [-0.2, 0) is 0 Å². The molecule has 2 aromatic heterocycles. The lowest BCUT2D eigenvalue weighted by atomic mass is 9.92. The zero-order chi connectivity index (χ0) is 14.2. The Morgan fingerprint density at radius 3 is 2.52 bits per heavy atom. The molecule has 1 aliphatic rings. The number of nitrogens with zero attached hydrogens (tertiary/aromatic N) is 2. The second-order valence-electron chi connectivity index (χ2n) is 5.90. The molecule has 0 bridgehead atoms. The first-order chi connectivity index (χ1) is 10.3. The van der Waals surface area contributed by atoms with Crippen LogP contribution in [0.25, 0.3) is 22.4 Å². The minimum Gasteiger partial charge on any atom is -0.454 e. The number of hydrogen-bond acceptors (Lipinski definition) is 3. The van der Waals surface area contributed by atoms with Gasteiger partial charge in [0.25, 0.3) is 0 Å². The molecular weight excluding hydrogens is 333 g/mol. The minimum absolute atomic E-state index is 0. The summed E-state index contributed by atoms with van der Waals surface area (Å²) in [5.41, 5.74) is 7.78. The van der Waals surface area contributed by atoms with Crippen LogP contribution in [0.1, 0.15) is 31.7 Å². The molecule has 0 saturated heterocycles. The predicted octanol–water partition coefficient (Wildman–Crippen LogP) is 4.58. The summed E-state index contributed by atoms with van der Waals surface area (Å²) in [6.45, 7) is 0. The first-order valence-corrected chi connectivity index (χ1v) is 7.59. The Bertz CT molecular complexity index is 727. The standard InChI is InChI=1S/C17H19N3O.2ClH/c18-13-5-7-14(8-6-13)20-10-9-15(19-20)17-11-12-3-1-2-4-16(12)21-17;;/h1-4,9-11,13-14H,5-8,18H2;2*1H. The van der Waals surface area contributed by atoms with Crippen LogP contribution in [0.4, 0.5) is 0 Å². The molecule has 2 heterocycles. The van der Waals surface area contributed by atoms with Crippen molar-refractivity contribution in [2.45, 2.75) is 37.8 Å². The summed E-state index contributed by atoms with van der Waals surface area (Å²) in [7, 11) is 0. The molecule has 0 unspecified atom stereocenters. The first-order valence-electron chi connectivity index (χ1n) is 7.59. The molecule has 0 spiro atoms. The fourth-order valence-corrected chi connectivity index (χ4v) is 3.15. The maximum Gasteiger partial charge on any atom is 0.155 e. The fraction of sp³-hybridized carbons (Fsp3) is 0.353. The van der Waals surface area contributed by atoms with Gasteiger partial charge >= 0.3 is 0 Å². The Hall–Kier alpha value is -1.49. The van der Waals surface area contributed by atoms with Crippen LogP contribution in [0.3, 0.4) is 0 Å². The molecule has 0 atom stereocenters. The van der Waals surface area contributed by atoms with Crippen molar-refractivity contribution in [3.8, 4) is 11.5 Å². The molecule has 0 radical (unpaired) electrons. The van der Waals surface area contributed by atoms with Crippen LogP contribution in [0, 0.1) is 0 Å². The number of nitrogens with two attached hydrogens (primary N) is 1.